The number of nitrogens with one attached hydrogen (secondary N) is 1. The number of hydrogen-bond donors (Lipinski definition) is 2. The normalized spacial score (nSPS) is 22.8. The van der Waals surface area contributed by atoms with Crippen LogP contribution >= 0.6 is 0 Å². The van der Waals surface area contributed by atoms with Gasteiger partial charge in [0.25, 0.3) is 0 Å². The van der Waals surface area contributed by atoms with Gasteiger partial charge in [-0.15, -0.1) is 0 Å². The fourth-order valence-corrected chi connectivity index (χ4v) is 4.07. The van der Waals surface area contributed by atoms with E-state index in [0.717, 1.165) is 44.6 Å². The SMILES string of the molecule is NC(=O)CN1CCCC(C(=O)NC(CN2CCCC2)c2ccccc2)C1. The Morgan fingerprint density at radius 3 is 2.46 bits per heavy atom. The Morgan fingerprint density at radius 2 is 1.77 bits per heavy atom. The Labute approximate surface area is 155 Å². The lowest BCUT2D eigenvalue weighted by molar-refractivity contribution is -0.129. The molecule has 2 aliphatic heterocycles. The van der Waals surface area contributed by atoms with Crippen LogP contribution in [0.15, 0.2) is 30.3 Å². The van der Waals surface area contributed by atoms with Crippen molar-refractivity contribution < 1.29 is 9.59 Å². The number of nitrogens with two attached hydrogens (primary N) is 1. The highest BCUT2D eigenvalue weighted by molar-refractivity contribution is 5.80. The summed E-state index contributed by atoms with van der Waals surface area (Å²) in [5.74, 6) is -0.317. The predicted octanol–water partition coefficient (Wildman–Crippen LogP) is 1.14. The third-order valence-electron chi connectivity index (χ3n) is 5.41. The largest absolute Gasteiger partial charge is 0.369 e. The predicted molar refractivity (Wildman–Crippen MR) is 101 cm³/mol. The number of hydrogen-bond acceptors (Lipinski definition) is 4. The first-order chi connectivity index (χ1) is 12.6. The maximum atomic E-state index is 12.9. The molecule has 6 nitrogen and oxygen atoms in total. The molecule has 0 aliphatic carbocycles. The monoisotopic (exact) mass is 358 g/mol. The molecule has 2 amide bonds. The van der Waals surface area contributed by atoms with Crippen molar-refractivity contribution in [3.8, 4) is 0 Å². The molecule has 6 heteroatoms. The van der Waals surface area contributed by atoms with E-state index in [2.05, 4.69) is 22.3 Å². The van der Waals surface area contributed by atoms with E-state index in [0.29, 0.717) is 6.54 Å². The minimum Gasteiger partial charge on any atom is -0.369 e. The van der Waals surface area contributed by atoms with Gasteiger partial charge in [0.2, 0.25) is 11.8 Å². The van der Waals surface area contributed by atoms with E-state index in [1.54, 1.807) is 0 Å². The van der Waals surface area contributed by atoms with Gasteiger partial charge in [0.15, 0.2) is 0 Å². The first kappa shape index (κ1) is 18.9. The van der Waals surface area contributed by atoms with Gasteiger partial charge in [-0.05, 0) is 50.9 Å². The van der Waals surface area contributed by atoms with Crippen LogP contribution in [0.1, 0.15) is 37.3 Å². The number of primary amides is 1. The van der Waals surface area contributed by atoms with Crippen molar-refractivity contribution in [2.24, 2.45) is 11.7 Å². The Bertz CT molecular complexity index is 601. The first-order valence-corrected chi connectivity index (χ1v) is 9.70. The molecule has 26 heavy (non-hydrogen) atoms. The number of benzene rings is 1. The number of piperidine rings is 1. The van der Waals surface area contributed by atoms with E-state index in [4.69, 9.17) is 5.73 Å². The van der Waals surface area contributed by atoms with Crippen LogP contribution in [0, 0.1) is 5.92 Å². The van der Waals surface area contributed by atoms with Gasteiger partial charge in [0, 0.05) is 13.1 Å². The van der Waals surface area contributed by atoms with Crippen LogP contribution < -0.4 is 11.1 Å². The summed E-state index contributed by atoms with van der Waals surface area (Å²) >= 11 is 0. The lowest BCUT2D eigenvalue weighted by atomic mass is 9.96. The zero-order chi connectivity index (χ0) is 18.4. The third-order valence-corrected chi connectivity index (χ3v) is 5.41. The molecule has 2 saturated heterocycles. The summed E-state index contributed by atoms with van der Waals surface area (Å²) in [5, 5.41) is 3.28. The van der Waals surface area contributed by atoms with Crippen LogP contribution in [0.2, 0.25) is 0 Å². The maximum Gasteiger partial charge on any atom is 0.231 e. The standard InChI is InChI=1S/C20H30N4O2/c21-19(25)15-24-12-6-9-17(13-24)20(26)22-18(14-23-10-4-5-11-23)16-7-2-1-3-8-16/h1-3,7-8,17-18H,4-6,9-15H2,(H2,21,25)(H,22,26). The fourth-order valence-electron chi connectivity index (χ4n) is 4.07. The van der Waals surface area contributed by atoms with E-state index < -0.39 is 0 Å². The molecule has 2 unspecified atom stereocenters. The summed E-state index contributed by atoms with van der Waals surface area (Å²) in [6, 6.07) is 10.2. The second-order valence-corrected chi connectivity index (χ2v) is 7.52. The molecule has 2 atom stereocenters. The number of amides is 2. The summed E-state index contributed by atoms with van der Waals surface area (Å²) in [5.41, 5.74) is 6.46. The molecule has 1 aromatic carbocycles. The molecule has 0 spiro atoms. The van der Waals surface area contributed by atoms with E-state index in [1.165, 1.54) is 12.8 Å². The van der Waals surface area contributed by atoms with Gasteiger partial charge in [-0.3, -0.25) is 14.5 Å². The fraction of sp³-hybridized carbons (Fsp3) is 0.600. The molecule has 2 heterocycles. The molecule has 3 rings (SSSR count). The molecule has 0 radical (unpaired) electrons. The lowest BCUT2D eigenvalue weighted by Crippen LogP contribution is -2.47. The van der Waals surface area contributed by atoms with Gasteiger partial charge in [0.1, 0.15) is 0 Å². The molecule has 0 aromatic heterocycles. The van der Waals surface area contributed by atoms with Crippen molar-refractivity contribution in [2.45, 2.75) is 31.7 Å². The number of rotatable bonds is 7. The molecule has 0 saturated carbocycles. The Hall–Kier alpha value is -1.92. The Balaban J connectivity index is 1.63. The summed E-state index contributed by atoms with van der Waals surface area (Å²) in [4.78, 5) is 28.5. The van der Waals surface area contributed by atoms with Crippen LogP contribution in [-0.4, -0.2) is 60.9 Å². The minimum atomic E-state index is -0.331. The van der Waals surface area contributed by atoms with Crippen LogP contribution in [0.25, 0.3) is 0 Å². The Morgan fingerprint density at radius 1 is 1.08 bits per heavy atom. The number of likely N-dealkylation sites (tertiary alicyclic amines) is 2. The Kier molecular flexibility index (Phi) is 6.63. The van der Waals surface area contributed by atoms with Gasteiger partial charge in [0.05, 0.1) is 18.5 Å². The second kappa shape index (κ2) is 9.14. The molecule has 0 bridgehead atoms. The molecular weight excluding hydrogens is 328 g/mol. The third kappa shape index (κ3) is 5.29. The van der Waals surface area contributed by atoms with Crippen LogP contribution in [0.3, 0.4) is 0 Å². The highest BCUT2D eigenvalue weighted by Gasteiger charge is 2.29. The van der Waals surface area contributed by atoms with Crippen LogP contribution in [0.5, 0.6) is 0 Å². The van der Waals surface area contributed by atoms with Gasteiger partial charge < -0.3 is 16.0 Å². The van der Waals surface area contributed by atoms with E-state index in [1.807, 2.05) is 23.1 Å². The number of carbonyl (C=O) groups excluding carboxylic acids is 2. The average Bonchev–Trinajstić information content (AvgIpc) is 3.14. The lowest BCUT2D eigenvalue weighted by Gasteiger charge is -2.33. The minimum absolute atomic E-state index is 0.00770. The highest BCUT2D eigenvalue weighted by atomic mass is 16.2. The zero-order valence-electron chi connectivity index (χ0n) is 15.4. The van der Waals surface area contributed by atoms with E-state index >= 15 is 0 Å². The smallest absolute Gasteiger partial charge is 0.231 e. The summed E-state index contributed by atoms with van der Waals surface area (Å²) in [6.45, 7) is 4.75. The molecule has 2 fully saturated rings. The number of nitrogens with zero attached hydrogens (tertiary/aromatic N) is 2. The maximum absolute atomic E-state index is 12.9. The number of carbonyl (C=O) groups is 2. The molecule has 2 aliphatic rings. The molecule has 1 aromatic rings. The van der Waals surface area contributed by atoms with Gasteiger partial charge in [-0.2, -0.15) is 0 Å². The van der Waals surface area contributed by atoms with Gasteiger partial charge >= 0.3 is 0 Å². The molecule has 142 valence electrons. The van der Waals surface area contributed by atoms with Crippen molar-refractivity contribution in [2.75, 3.05) is 39.3 Å². The van der Waals surface area contributed by atoms with Crippen molar-refractivity contribution in [1.82, 2.24) is 15.1 Å². The summed E-state index contributed by atoms with van der Waals surface area (Å²) in [7, 11) is 0. The van der Waals surface area contributed by atoms with Gasteiger partial charge in [-0.1, -0.05) is 30.3 Å². The van der Waals surface area contributed by atoms with Crippen molar-refractivity contribution in [3.63, 3.8) is 0 Å². The highest BCUT2D eigenvalue weighted by Crippen LogP contribution is 2.21. The van der Waals surface area contributed by atoms with E-state index in [9.17, 15) is 9.59 Å². The zero-order valence-corrected chi connectivity index (χ0v) is 15.4. The first-order valence-electron chi connectivity index (χ1n) is 9.70. The van der Waals surface area contributed by atoms with Crippen molar-refractivity contribution in [1.29, 1.82) is 0 Å². The summed E-state index contributed by atoms with van der Waals surface area (Å²) < 4.78 is 0. The van der Waals surface area contributed by atoms with E-state index in [-0.39, 0.29) is 30.3 Å². The van der Waals surface area contributed by atoms with Crippen LogP contribution in [0.4, 0.5) is 0 Å². The quantitative estimate of drug-likeness (QED) is 0.766. The topological polar surface area (TPSA) is 78.7 Å². The van der Waals surface area contributed by atoms with Gasteiger partial charge in [-0.25, -0.2) is 0 Å². The molecular formula is C20H30N4O2. The van der Waals surface area contributed by atoms with Crippen LogP contribution in [-0.2, 0) is 9.59 Å². The summed E-state index contributed by atoms with van der Waals surface area (Å²) in [6.07, 6.45) is 4.26. The second-order valence-electron chi connectivity index (χ2n) is 7.52. The van der Waals surface area contributed by atoms with Crippen molar-refractivity contribution >= 4 is 11.8 Å². The molecule has 3 N–H and O–H groups in total. The average molecular weight is 358 g/mol. The van der Waals surface area contributed by atoms with Crippen molar-refractivity contribution in [3.05, 3.63) is 35.9 Å².